The second kappa shape index (κ2) is 8.58. The maximum Gasteiger partial charge on any atom is 0.270 e. The highest BCUT2D eigenvalue weighted by molar-refractivity contribution is 7.14. The smallest absolute Gasteiger partial charge is 0.270 e. The first-order chi connectivity index (χ1) is 14.9. The zero-order chi connectivity index (χ0) is 22.0. The lowest BCUT2D eigenvalue weighted by molar-refractivity contribution is -0.384. The van der Waals surface area contributed by atoms with E-state index in [2.05, 4.69) is 25.7 Å². The lowest BCUT2D eigenvalue weighted by Crippen LogP contribution is -2.25. The summed E-state index contributed by atoms with van der Waals surface area (Å²) in [5.74, 6) is -0.00137. The van der Waals surface area contributed by atoms with E-state index in [0.717, 1.165) is 5.56 Å². The number of amides is 1. The van der Waals surface area contributed by atoms with Gasteiger partial charge >= 0.3 is 0 Å². The lowest BCUT2D eigenvalue weighted by atomic mass is 10.1. The number of nitro benzene ring substituents is 1. The van der Waals surface area contributed by atoms with Gasteiger partial charge in [-0.2, -0.15) is 4.80 Å². The Morgan fingerprint density at radius 2 is 2.00 bits per heavy atom. The fraction of sp³-hybridized carbons (Fsp3) is 0.105. The molecule has 1 amide bonds. The number of hydrogen-bond donors (Lipinski definition) is 1. The summed E-state index contributed by atoms with van der Waals surface area (Å²) in [6.45, 7) is 1.64. The van der Waals surface area contributed by atoms with Crippen LogP contribution >= 0.6 is 22.9 Å². The third-order valence-electron chi connectivity index (χ3n) is 4.34. The number of nitrogens with zero attached hydrogens (tertiary/aromatic N) is 6. The summed E-state index contributed by atoms with van der Waals surface area (Å²) in [4.78, 5) is 28.7. The van der Waals surface area contributed by atoms with Crippen molar-refractivity contribution in [3.05, 3.63) is 69.0 Å². The number of tetrazole rings is 1. The molecule has 0 aliphatic rings. The molecule has 10 nitrogen and oxygen atoms in total. The molecule has 31 heavy (non-hydrogen) atoms. The van der Waals surface area contributed by atoms with Crippen molar-refractivity contribution in [3.8, 4) is 22.6 Å². The van der Waals surface area contributed by atoms with Gasteiger partial charge in [0.2, 0.25) is 5.82 Å². The number of aromatic nitrogens is 5. The van der Waals surface area contributed by atoms with E-state index in [1.54, 1.807) is 48.7 Å². The molecule has 0 radical (unpaired) electrons. The van der Waals surface area contributed by atoms with Crippen LogP contribution in [-0.2, 0) is 4.79 Å². The highest BCUT2D eigenvalue weighted by atomic mass is 35.5. The molecule has 0 spiro atoms. The molecule has 2 aromatic heterocycles. The van der Waals surface area contributed by atoms with E-state index in [4.69, 9.17) is 11.6 Å². The van der Waals surface area contributed by atoms with Crippen molar-refractivity contribution in [2.75, 3.05) is 5.32 Å². The van der Waals surface area contributed by atoms with E-state index >= 15 is 0 Å². The number of carbonyl (C=O) groups excluding carboxylic acids is 1. The van der Waals surface area contributed by atoms with E-state index < -0.39 is 11.0 Å². The molecule has 0 aliphatic carbocycles. The van der Waals surface area contributed by atoms with Crippen LogP contribution in [0, 0.1) is 10.1 Å². The van der Waals surface area contributed by atoms with Crippen molar-refractivity contribution >= 4 is 39.7 Å². The van der Waals surface area contributed by atoms with Crippen LogP contribution in [0.5, 0.6) is 0 Å². The monoisotopic (exact) mass is 455 g/mol. The molecule has 156 valence electrons. The minimum Gasteiger partial charge on any atom is -0.300 e. The number of halogens is 1. The van der Waals surface area contributed by atoms with E-state index in [1.807, 2.05) is 0 Å². The van der Waals surface area contributed by atoms with E-state index in [9.17, 15) is 14.9 Å². The van der Waals surface area contributed by atoms with Gasteiger partial charge in [0.15, 0.2) is 5.13 Å². The summed E-state index contributed by atoms with van der Waals surface area (Å²) in [5.41, 5.74) is 1.81. The summed E-state index contributed by atoms with van der Waals surface area (Å²) < 4.78 is 0. The second-order valence-corrected chi connectivity index (χ2v) is 7.75. The third kappa shape index (κ3) is 4.57. The first-order valence-corrected chi connectivity index (χ1v) is 10.2. The van der Waals surface area contributed by atoms with Gasteiger partial charge < -0.3 is 5.32 Å². The van der Waals surface area contributed by atoms with Gasteiger partial charge in [-0.05, 0) is 36.4 Å². The van der Waals surface area contributed by atoms with E-state index in [1.165, 1.54) is 28.3 Å². The topological polar surface area (TPSA) is 129 Å². The highest BCUT2D eigenvalue weighted by Gasteiger charge is 2.20. The molecule has 1 unspecified atom stereocenters. The van der Waals surface area contributed by atoms with Gasteiger partial charge in [-0.15, -0.1) is 21.5 Å². The maximum absolute atomic E-state index is 12.6. The molecule has 0 saturated heterocycles. The van der Waals surface area contributed by atoms with Crippen molar-refractivity contribution in [2.24, 2.45) is 0 Å². The molecule has 4 aromatic rings. The van der Waals surface area contributed by atoms with Crippen molar-refractivity contribution in [1.82, 2.24) is 25.2 Å². The van der Waals surface area contributed by atoms with Crippen LogP contribution in [0.4, 0.5) is 10.8 Å². The summed E-state index contributed by atoms with van der Waals surface area (Å²) in [6.07, 6.45) is 0. The Balaban J connectivity index is 1.46. The number of thiazole rings is 1. The van der Waals surface area contributed by atoms with Crippen LogP contribution in [0.2, 0.25) is 5.02 Å². The standard InChI is InChI=1S/C19H14ClN7O3S/c1-11(26-24-17(23-25-26)12-5-7-14(20)8-6-12)18(28)22-19-21-16(10-31-19)13-3-2-4-15(9-13)27(29)30/h2-11H,1H3,(H,21,22,28). The fourth-order valence-corrected chi connectivity index (χ4v) is 3.51. The molecule has 2 heterocycles. The number of nitro groups is 1. The van der Waals surface area contributed by atoms with Gasteiger partial charge in [0.05, 0.1) is 10.6 Å². The van der Waals surface area contributed by atoms with Crippen molar-refractivity contribution in [1.29, 1.82) is 0 Å². The summed E-state index contributed by atoms with van der Waals surface area (Å²) >= 11 is 7.10. The Bertz CT molecular complexity index is 1260. The average molecular weight is 456 g/mol. The Morgan fingerprint density at radius 3 is 2.74 bits per heavy atom. The molecule has 2 aromatic carbocycles. The number of non-ortho nitro benzene ring substituents is 1. The largest absolute Gasteiger partial charge is 0.300 e. The molecule has 0 fully saturated rings. The summed E-state index contributed by atoms with van der Waals surface area (Å²) in [7, 11) is 0. The Kier molecular flexibility index (Phi) is 5.69. The summed E-state index contributed by atoms with van der Waals surface area (Å²) in [5, 5.41) is 28.5. The average Bonchev–Trinajstić information content (AvgIpc) is 3.44. The molecule has 12 heteroatoms. The maximum atomic E-state index is 12.6. The molecule has 0 saturated carbocycles. The lowest BCUT2D eigenvalue weighted by Gasteiger charge is -2.08. The number of nitrogens with one attached hydrogen (secondary N) is 1. The zero-order valence-corrected chi connectivity index (χ0v) is 17.5. The Hall–Kier alpha value is -3.70. The predicted octanol–water partition coefficient (Wildman–Crippen LogP) is 4.22. The first kappa shape index (κ1) is 20.6. The van der Waals surface area contributed by atoms with Gasteiger partial charge in [-0.3, -0.25) is 14.9 Å². The number of carbonyl (C=O) groups is 1. The van der Waals surface area contributed by atoms with Crippen molar-refractivity contribution in [3.63, 3.8) is 0 Å². The summed E-state index contributed by atoms with van der Waals surface area (Å²) in [6, 6.07) is 12.4. The number of rotatable bonds is 6. The first-order valence-electron chi connectivity index (χ1n) is 8.97. The zero-order valence-electron chi connectivity index (χ0n) is 16.0. The van der Waals surface area contributed by atoms with Crippen LogP contribution < -0.4 is 5.32 Å². The van der Waals surface area contributed by atoms with Crippen LogP contribution in [0.1, 0.15) is 13.0 Å². The molecule has 0 bridgehead atoms. The van der Waals surface area contributed by atoms with Crippen molar-refractivity contribution < 1.29 is 9.72 Å². The van der Waals surface area contributed by atoms with Crippen LogP contribution in [-0.4, -0.2) is 36.0 Å². The van der Waals surface area contributed by atoms with Crippen LogP contribution in [0.15, 0.2) is 53.9 Å². The third-order valence-corrected chi connectivity index (χ3v) is 5.35. The number of benzene rings is 2. The second-order valence-electron chi connectivity index (χ2n) is 6.45. The van der Waals surface area contributed by atoms with Crippen LogP contribution in [0.25, 0.3) is 22.6 Å². The van der Waals surface area contributed by atoms with Gasteiger partial charge in [0, 0.05) is 33.7 Å². The Morgan fingerprint density at radius 1 is 1.23 bits per heavy atom. The number of anilines is 1. The van der Waals surface area contributed by atoms with Crippen molar-refractivity contribution in [2.45, 2.75) is 13.0 Å². The SMILES string of the molecule is CC(C(=O)Nc1nc(-c2cccc([N+](=O)[O-])c2)cs1)n1nnc(-c2ccc(Cl)cc2)n1. The molecule has 1 atom stereocenters. The molecule has 4 rings (SSSR count). The number of hydrogen-bond acceptors (Lipinski definition) is 8. The van der Waals surface area contributed by atoms with Gasteiger partial charge in [-0.1, -0.05) is 23.7 Å². The molecular formula is C19H14ClN7O3S. The van der Waals surface area contributed by atoms with E-state index in [-0.39, 0.29) is 11.6 Å². The van der Waals surface area contributed by atoms with Gasteiger partial charge in [0.1, 0.15) is 6.04 Å². The fourth-order valence-electron chi connectivity index (χ4n) is 2.66. The molecule has 0 aliphatic heterocycles. The predicted molar refractivity (Wildman–Crippen MR) is 116 cm³/mol. The molecular weight excluding hydrogens is 442 g/mol. The van der Waals surface area contributed by atoms with Gasteiger partial charge in [-0.25, -0.2) is 4.98 Å². The van der Waals surface area contributed by atoms with Crippen LogP contribution in [0.3, 0.4) is 0 Å². The van der Waals surface area contributed by atoms with Gasteiger partial charge in [0.25, 0.3) is 11.6 Å². The molecule has 1 N–H and O–H groups in total. The highest BCUT2D eigenvalue weighted by Crippen LogP contribution is 2.28. The normalized spacial score (nSPS) is 11.8. The minimum absolute atomic E-state index is 0.0292. The quantitative estimate of drug-likeness (QED) is 0.340. The Labute approximate surface area is 184 Å². The minimum atomic E-state index is -0.737. The van der Waals surface area contributed by atoms with E-state index in [0.29, 0.717) is 27.2 Å².